The van der Waals surface area contributed by atoms with Gasteiger partial charge in [0, 0.05) is 27.2 Å². The largest absolute Gasteiger partial charge is 0.398 e. The maximum absolute atomic E-state index is 6.12. The Labute approximate surface area is 115 Å². The smallest absolute Gasteiger partial charge is 0.0650 e. The highest BCUT2D eigenvalue weighted by atomic mass is 32.2. The van der Waals surface area contributed by atoms with E-state index < -0.39 is 0 Å². The number of nitrogens with one attached hydrogen (secondary N) is 1. The Bertz CT molecular complexity index is 663. The lowest BCUT2D eigenvalue weighted by molar-refractivity contribution is 1.09. The minimum Gasteiger partial charge on any atom is -0.398 e. The van der Waals surface area contributed by atoms with Crippen LogP contribution in [0.5, 0.6) is 0 Å². The third kappa shape index (κ3) is 2.63. The van der Waals surface area contributed by atoms with Gasteiger partial charge in [0.25, 0.3) is 0 Å². The fourth-order valence-electron chi connectivity index (χ4n) is 1.84. The average molecular weight is 267 g/mol. The second-order valence-electron chi connectivity index (χ2n) is 4.14. The molecule has 0 unspecified atom stereocenters. The van der Waals surface area contributed by atoms with Crippen LogP contribution in [0.25, 0.3) is 11.3 Å². The second kappa shape index (κ2) is 5.20. The van der Waals surface area contributed by atoms with Gasteiger partial charge in [-0.15, -0.1) is 0 Å². The molecular formula is C15H13N3S. The molecular weight excluding hydrogens is 254 g/mol. The number of aromatic nitrogens is 2. The maximum atomic E-state index is 6.12. The summed E-state index contributed by atoms with van der Waals surface area (Å²) in [7, 11) is 0. The van der Waals surface area contributed by atoms with Crippen LogP contribution in [-0.2, 0) is 0 Å². The first-order valence-electron chi connectivity index (χ1n) is 5.95. The van der Waals surface area contributed by atoms with Gasteiger partial charge in [0.15, 0.2) is 0 Å². The van der Waals surface area contributed by atoms with Crippen molar-refractivity contribution in [2.75, 3.05) is 5.73 Å². The number of nitrogens with two attached hydrogens (primary N) is 1. The van der Waals surface area contributed by atoms with Gasteiger partial charge in [-0.05, 0) is 30.3 Å². The Hall–Kier alpha value is -2.20. The van der Waals surface area contributed by atoms with E-state index in [1.807, 2.05) is 36.4 Å². The van der Waals surface area contributed by atoms with Crippen molar-refractivity contribution in [3.63, 3.8) is 0 Å². The molecule has 0 aliphatic rings. The highest BCUT2D eigenvalue weighted by Crippen LogP contribution is 2.34. The van der Waals surface area contributed by atoms with Crippen LogP contribution in [0.3, 0.4) is 0 Å². The Morgan fingerprint density at radius 1 is 1.00 bits per heavy atom. The molecule has 3 aromatic rings. The Morgan fingerprint density at radius 2 is 1.84 bits per heavy atom. The summed E-state index contributed by atoms with van der Waals surface area (Å²) in [6.07, 6.45) is 1.73. The first-order chi connectivity index (χ1) is 9.33. The van der Waals surface area contributed by atoms with E-state index in [4.69, 9.17) is 5.73 Å². The van der Waals surface area contributed by atoms with Crippen LogP contribution < -0.4 is 5.73 Å². The minimum atomic E-state index is 0.779. The first-order valence-corrected chi connectivity index (χ1v) is 6.77. The lowest BCUT2D eigenvalue weighted by atomic mass is 10.1. The van der Waals surface area contributed by atoms with Gasteiger partial charge in [-0.1, -0.05) is 36.0 Å². The van der Waals surface area contributed by atoms with E-state index in [0.717, 1.165) is 21.8 Å². The van der Waals surface area contributed by atoms with Gasteiger partial charge in [-0.3, -0.25) is 5.10 Å². The molecule has 1 heterocycles. The number of nitrogens with zero attached hydrogens (tertiary/aromatic N) is 1. The van der Waals surface area contributed by atoms with Crippen molar-refractivity contribution >= 4 is 17.4 Å². The minimum absolute atomic E-state index is 0.779. The molecule has 0 bridgehead atoms. The van der Waals surface area contributed by atoms with Gasteiger partial charge in [0.2, 0.25) is 0 Å². The summed E-state index contributed by atoms with van der Waals surface area (Å²) >= 11 is 1.67. The lowest BCUT2D eigenvalue weighted by Crippen LogP contribution is -1.90. The van der Waals surface area contributed by atoms with Crippen molar-refractivity contribution < 1.29 is 0 Å². The summed E-state index contributed by atoms with van der Waals surface area (Å²) in [5.74, 6) is 0. The number of aromatic amines is 1. The SMILES string of the molecule is Nc1cc(-c2ccn[nH]2)ccc1Sc1ccccc1. The van der Waals surface area contributed by atoms with Gasteiger partial charge in [0.1, 0.15) is 0 Å². The van der Waals surface area contributed by atoms with E-state index in [0.29, 0.717) is 0 Å². The molecule has 0 spiro atoms. The van der Waals surface area contributed by atoms with E-state index >= 15 is 0 Å². The maximum Gasteiger partial charge on any atom is 0.0650 e. The standard InChI is InChI=1S/C15H13N3S/c16-13-10-11(14-8-9-17-18-14)6-7-15(13)19-12-4-2-1-3-5-12/h1-10H,16H2,(H,17,18). The Morgan fingerprint density at radius 3 is 2.53 bits per heavy atom. The zero-order valence-corrected chi connectivity index (χ0v) is 11.0. The molecule has 94 valence electrons. The molecule has 0 atom stereocenters. The molecule has 3 N–H and O–H groups in total. The van der Waals surface area contributed by atoms with Crippen molar-refractivity contribution in [2.24, 2.45) is 0 Å². The van der Waals surface area contributed by atoms with Gasteiger partial charge in [0.05, 0.1) is 5.69 Å². The van der Waals surface area contributed by atoms with Crippen molar-refractivity contribution in [1.82, 2.24) is 10.2 Å². The molecule has 3 rings (SSSR count). The number of rotatable bonds is 3. The lowest BCUT2D eigenvalue weighted by Gasteiger charge is -2.07. The molecule has 0 amide bonds. The fourth-order valence-corrected chi connectivity index (χ4v) is 2.70. The van der Waals surface area contributed by atoms with Gasteiger partial charge < -0.3 is 5.73 Å². The fraction of sp³-hybridized carbons (Fsp3) is 0. The number of nitrogen functional groups attached to an aromatic ring is 1. The topological polar surface area (TPSA) is 54.7 Å². The summed E-state index contributed by atoms with van der Waals surface area (Å²) in [5.41, 5.74) is 8.92. The monoisotopic (exact) mass is 267 g/mol. The normalized spacial score (nSPS) is 10.5. The molecule has 19 heavy (non-hydrogen) atoms. The summed E-state index contributed by atoms with van der Waals surface area (Å²) in [6, 6.07) is 18.2. The third-order valence-electron chi connectivity index (χ3n) is 2.79. The number of anilines is 1. The Balaban J connectivity index is 1.88. The van der Waals surface area contributed by atoms with E-state index in [-0.39, 0.29) is 0 Å². The third-order valence-corrected chi connectivity index (χ3v) is 3.89. The van der Waals surface area contributed by atoms with Gasteiger partial charge in [-0.2, -0.15) is 5.10 Å². The molecule has 0 aliphatic carbocycles. The molecule has 3 nitrogen and oxygen atoms in total. The van der Waals surface area contributed by atoms with E-state index in [1.165, 1.54) is 4.90 Å². The van der Waals surface area contributed by atoms with E-state index in [9.17, 15) is 0 Å². The molecule has 0 aliphatic heterocycles. The number of hydrogen-bond donors (Lipinski definition) is 2. The second-order valence-corrected chi connectivity index (χ2v) is 5.25. The molecule has 0 fully saturated rings. The van der Waals surface area contributed by atoms with E-state index in [1.54, 1.807) is 18.0 Å². The molecule has 0 radical (unpaired) electrons. The highest BCUT2D eigenvalue weighted by molar-refractivity contribution is 7.99. The van der Waals surface area contributed by atoms with Crippen LogP contribution in [0, 0.1) is 0 Å². The predicted octanol–water partition coefficient (Wildman–Crippen LogP) is 3.81. The average Bonchev–Trinajstić information content (AvgIpc) is 2.96. The summed E-state index contributed by atoms with van der Waals surface area (Å²) < 4.78 is 0. The molecule has 0 saturated heterocycles. The van der Waals surface area contributed by atoms with Crippen molar-refractivity contribution in [1.29, 1.82) is 0 Å². The summed E-state index contributed by atoms with van der Waals surface area (Å²) in [4.78, 5) is 2.25. The predicted molar refractivity (Wildman–Crippen MR) is 79.0 cm³/mol. The first kappa shape index (κ1) is 11.9. The van der Waals surface area contributed by atoms with Crippen LogP contribution in [0.15, 0.2) is 70.6 Å². The van der Waals surface area contributed by atoms with Crippen LogP contribution >= 0.6 is 11.8 Å². The number of hydrogen-bond acceptors (Lipinski definition) is 3. The molecule has 4 heteroatoms. The number of benzene rings is 2. The number of H-pyrrole nitrogens is 1. The van der Waals surface area contributed by atoms with Crippen LogP contribution in [0.4, 0.5) is 5.69 Å². The van der Waals surface area contributed by atoms with Gasteiger partial charge >= 0.3 is 0 Å². The van der Waals surface area contributed by atoms with Crippen LogP contribution in [0.2, 0.25) is 0 Å². The van der Waals surface area contributed by atoms with Crippen LogP contribution in [-0.4, -0.2) is 10.2 Å². The van der Waals surface area contributed by atoms with Crippen molar-refractivity contribution in [3.05, 3.63) is 60.8 Å². The molecule has 1 aromatic heterocycles. The Kier molecular flexibility index (Phi) is 3.25. The van der Waals surface area contributed by atoms with Crippen molar-refractivity contribution in [3.8, 4) is 11.3 Å². The van der Waals surface area contributed by atoms with Crippen molar-refractivity contribution in [2.45, 2.75) is 9.79 Å². The summed E-state index contributed by atoms with van der Waals surface area (Å²) in [6.45, 7) is 0. The van der Waals surface area contributed by atoms with Crippen LogP contribution in [0.1, 0.15) is 0 Å². The quantitative estimate of drug-likeness (QED) is 0.709. The van der Waals surface area contributed by atoms with Gasteiger partial charge in [-0.25, -0.2) is 0 Å². The van der Waals surface area contributed by atoms with E-state index in [2.05, 4.69) is 28.4 Å². The molecule has 2 aromatic carbocycles. The zero-order valence-electron chi connectivity index (χ0n) is 10.2. The highest BCUT2D eigenvalue weighted by Gasteiger charge is 2.05. The summed E-state index contributed by atoms with van der Waals surface area (Å²) in [5, 5.41) is 6.88. The zero-order chi connectivity index (χ0) is 13.1. The molecule has 0 saturated carbocycles.